The molecule has 0 heteroatoms. The van der Waals surface area contributed by atoms with Gasteiger partial charge in [-0.05, 0) is 50.9 Å². The summed E-state index contributed by atoms with van der Waals surface area (Å²) < 4.78 is 0. The van der Waals surface area contributed by atoms with Crippen LogP contribution in [0.4, 0.5) is 0 Å². The Hall–Kier alpha value is -0.520. The van der Waals surface area contributed by atoms with Gasteiger partial charge in [-0.15, -0.1) is 0 Å². The lowest BCUT2D eigenvalue weighted by atomic mass is 9.64. The third-order valence-electron chi connectivity index (χ3n) is 5.25. The first kappa shape index (κ1) is 8.76. The van der Waals surface area contributed by atoms with Gasteiger partial charge >= 0.3 is 0 Å². The Bertz CT molecular complexity index is 334. The van der Waals surface area contributed by atoms with Crippen LogP contribution < -0.4 is 0 Å². The van der Waals surface area contributed by atoms with E-state index >= 15 is 0 Å². The van der Waals surface area contributed by atoms with Gasteiger partial charge in [0.05, 0.1) is 0 Å². The summed E-state index contributed by atoms with van der Waals surface area (Å²) >= 11 is 0. The lowest BCUT2D eigenvalue weighted by molar-refractivity contribution is 0.230. The fourth-order valence-electron chi connectivity index (χ4n) is 4.35. The van der Waals surface area contributed by atoms with Crippen molar-refractivity contribution in [3.8, 4) is 0 Å². The molecule has 3 aliphatic carbocycles. The van der Waals surface area contributed by atoms with Crippen molar-refractivity contribution in [1.29, 1.82) is 0 Å². The molecule has 0 aromatic carbocycles. The van der Waals surface area contributed by atoms with Gasteiger partial charge in [-0.25, -0.2) is 0 Å². The maximum Gasteiger partial charge on any atom is 0.0152 e. The molecule has 76 valence electrons. The molecule has 0 unspecified atom stereocenters. The summed E-state index contributed by atoms with van der Waals surface area (Å²) in [6.45, 7) is 9.22. The van der Waals surface area contributed by atoms with Gasteiger partial charge in [0.25, 0.3) is 0 Å². The van der Waals surface area contributed by atoms with E-state index < -0.39 is 0 Å². The third-order valence-corrected chi connectivity index (χ3v) is 5.25. The molecule has 0 heterocycles. The molecule has 3 rings (SSSR count). The van der Waals surface area contributed by atoms with Gasteiger partial charge < -0.3 is 0 Å². The third kappa shape index (κ3) is 0.769. The Morgan fingerprint density at radius 2 is 2.14 bits per heavy atom. The minimum atomic E-state index is 0.479. The van der Waals surface area contributed by atoms with Crippen molar-refractivity contribution < 1.29 is 0 Å². The average molecular weight is 188 g/mol. The normalized spacial score (nSPS) is 46.0. The van der Waals surface area contributed by atoms with Crippen LogP contribution in [-0.2, 0) is 0 Å². The monoisotopic (exact) mass is 188 g/mol. The highest BCUT2D eigenvalue weighted by atomic mass is 14.6. The van der Waals surface area contributed by atoms with E-state index in [1.54, 1.807) is 16.7 Å². The summed E-state index contributed by atoms with van der Waals surface area (Å²) in [7, 11) is 0. The van der Waals surface area contributed by atoms with Crippen LogP contribution in [0.2, 0.25) is 0 Å². The van der Waals surface area contributed by atoms with Crippen LogP contribution in [0.15, 0.2) is 23.3 Å². The van der Waals surface area contributed by atoms with Crippen molar-refractivity contribution in [3.05, 3.63) is 23.3 Å². The predicted octanol–water partition coefficient (Wildman–Crippen LogP) is 4.09. The second kappa shape index (κ2) is 2.53. The number of hydrogen-bond acceptors (Lipinski definition) is 0. The standard InChI is InChI=1S/C14H20/c1-9-6-7-14-10(2)4-5-12(11(14)3)8-13(9)14/h10,12H,3-8H2,1-2H3/t10-,12-,14-/m1/s1. The summed E-state index contributed by atoms with van der Waals surface area (Å²) in [6, 6.07) is 0. The minimum absolute atomic E-state index is 0.479. The molecule has 0 aliphatic heterocycles. The maximum atomic E-state index is 4.42. The van der Waals surface area contributed by atoms with Gasteiger partial charge in [0.2, 0.25) is 0 Å². The molecule has 14 heavy (non-hydrogen) atoms. The van der Waals surface area contributed by atoms with E-state index in [0.717, 1.165) is 11.8 Å². The first-order valence-electron chi connectivity index (χ1n) is 6.04. The molecule has 2 fully saturated rings. The summed E-state index contributed by atoms with van der Waals surface area (Å²) in [5.41, 5.74) is 5.58. The number of fused-ring (bicyclic) bond motifs is 1. The number of rotatable bonds is 0. The van der Waals surface area contributed by atoms with Crippen LogP contribution in [0.5, 0.6) is 0 Å². The molecule has 0 amide bonds. The second-order valence-electron chi connectivity index (χ2n) is 5.63. The highest BCUT2D eigenvalue weighted by Crippen LogP contribution is 2.66. The quantitative estimate of drug-likeness (QED) is 0.502. The van der Waals surface area contributed by atoms with Crippen molar-refractivity contribution in [3.63, 3.8) is 0 Å². The van der Waals surface area contributed by atoms with Gasteiger partial charge in [0, 0.05) is 5.41 Å². The van der Waals surface area contributed by atoms with Crippen LogP contribution in [0.1, 0.15) is 46.0 Å². The summed E-state index contributed by atoms with van der Waals surface area (Å²) in [5.74, 6) is 1.71. The van der Waals surface area contributed by atoms with Crippen molar-refractivity contribution in [2.24, 2.45) is 17.3 Å². The molecular formula is C14H20. The van der Waals surface area contributed by atoms with Crippen molar-refractivity contribution in [1.82, 2.24) is 0 Å². The van der Waals surface area contributed by atoms with Crippen LogP contribution in [0.25, 0.3) is 0 Å². The molecule has 0 nitrogen and oxygen atoms in total. The molecule has 1 spiro atoms. The van der Waals surface area contributed by atoms with E-state index in [1.165, 1.54) is 32.1 Å². The van der Waals surface area contributed by atoms with E-state index in [9.17, 15) is 0 Å². The Morgan fingerprint density at radius 1 is 1.36 bits per heavy atom. The second-order valence-corrected chi connectivity index (χ2v) is 5.63. The van der Waals surface area contributed by atoms with Crippen molar-refractivity contribution in [2.75, 3.05) is 0 Å². The van der Waals surface area contributed by atoms with Crippen LogP contribution >= 0.6 is 0 Å². The molecule has 3 atom stereocenters. The van der Waals surface area contributed by atoms with E-state index in [2.05, 4.69) is 20.4 Å². The molecule has 2 saturated carbocycles. The van der Waals surface area contributed by atoms with Gasteiger partial charge in [0.1, 0.15) is 0 Å². The van der Waals surface area contributed by atoms with Crippen molar-refractivity contribution in [2.45, 2.75) is 46.0 Å². The van der Waals surface area contributed by atoms with E-state index in [4.69, 9.17) is 0 Å². The summed E-state index contributed by atoms with van der Waals surface area (Å²) in [5, 5.41) is 0. The SMILES string of the molecule is C=C1[C@@H]2CC[C@@H](C)[C@]13CCC(C)=C3C2. The first-order chi connectivity index (χ1) is 6.66. The molecule has 0 saturated heterocycles. The van der Waals surface area contributed by atoms with Crippen molar-refractivity contribution >= 4 is 0 Å². The minimum Gasteiger partial charge on any atom is -0.0987 e. The van der Waals surface area contributed by atoms with Gasteiger partial charge in [-0.2, -0.15) is 0 Å². The topological polar surface area (TPSA) is 0 Å². The largest absolute Gasteiger partial charge is 0.0987 e. The molecular weight excluding hydrogens is 168 g/mol. The fourth-order valence-corrected chi connectivity index (χ4v) is 4.35. The van der Waals surface area contributed by atoms with E-state index in [0.29, 0.717) is 5.41 Å². The zero-order valence-electron chi connectivity index (χ0n) is 9.40. The number of allylic oxidation sites excluding steroid dienone is 3. The Morgan fingerprint density at radius 3 is 2.93 bits per heavy atom. The number of hydrogen-bond donors (Lipinski definition) is 0. The highest BCUT2D eigenvalue weighted by molar-refractivity contribution is 5.45. The zero-order chi connectivity index (χ0) is 9.92. The Balaban J connectivity index is 2.18. The van der Waals surface area contributed by atoms with Gasteiger partial charge in [-0.3, -0.25) is 0 Å². The first-order valence-corrected chi connectivity index (χ1v) is 6.04. The average Bonchev–Trinajstić information content (AvgIpc) is 2.56. The molecule has 0 aromatic rings. The molecule has 3 aliphatic rings. The van der Waals surface area contributed by atoms with Crippen LogP contribution in [0.3, 0.4) is 0 Å². The van der Waals surface area contributed by atoms with Gasteiger partial charge in [0.15, 0.2) is 0 Å². The molecule has 0 aromatic heterocycles. The smallest absolute Gasteiger partial charge is 0.0152 e. The van der Waals surface area contributed by atoms with Crippen LogP contribution in [-0.4, -0.2) is 0 Å². The lowest BCUT2D eigenvalue weighted by Gasteiger charge is -2.40. The Labute approximate surface area is 87.1 Å². The fraction of sp³-hybridized carbons (Fsp3) is 0.714. The van der Waals surface area contributed by atoms with Gasteiger partial charge in [-0.1, -0.05) is 30.2 Å². The maximum absolute atomic E-state index is 4.42. The summed E-state index contributed by atoms with van der Waals surface area (Å²) in [6.07, 6.45) is 6.91. The molecule has 0 N–H and O–H groups in total. The highest BCUT2D eigenvalue weighted by Gasteiger charge is 2.54. The molecule has 2 bridgehead atoms. The predicted molar refractivity (Wildman–Crippen MR) is 60.0 cm³/mol. The summed E-state index contributed by atoms with van der Waals surface area (Å²) in [4.78, 5) is 0. The zero-order valence-corrected chi connectivity index (χ0v) is 9.40. The van der Waals surface area contributed by atoms with Crippen LogP contribution in [0, 0.1) is 17.3 Å². The van der Waals surface area contributed by atoms with E-state index in [1.807, 2.05) is 0 Å². The lowest BCUT2D eigenvalue weighted by Crippen LogP contribution is -2.31. The molecule has 0 radical (unpaired) electrons. The Kier molecular flexibility index (Phi) is 1.59. The van der Waals surface area contributed by atoms with E-state index in [-0.39, 0.29) is 0 Å².